The highest BCUT2D eigenvalue weighted by Gasteiger charge is 2.09. The van der Waals surface area contributed by atoms with Crippen LogP contribution in [0.25, 0.3) is 0 Å². The lowest BCUT2D eigenvalue weighted by Crippen LogP contribution is -2.36. The molecule has 0 aromatic carbocycles. The van der Waals surface area contributed by atoms with Gasteiger partial charge in [-0.2, -0.15) is 0 Å². The van der Waals surface area contributed by atoms with Crippen molar-refractivity contribution in [1.29, 1.82) is 0 Å². The number of pyridine rings is 1. The molecule has 1 aromatic heterocycles. The Morgan fingerprint density at radius 1 is 1.38 bits per heavy atom. The van der Waals surface area contributed by atoms with Crippen molar-refractivity contribution in [3.05, 3.63) is 29.0 Å². The molecule has 0 radical (unpaired) electrons. The normalized spacial score (nSPS) is 17.6. The molecule has 2 heterocycles. The maximum absolute atomic E-state index is 5.91. The zero-order chi connectivity index (χ0) is 11.2. The summed E-state index contributed by atoms with van der Waals surface area (Å²) >= 11 is 5.91. The second-order valence-corrected chi connectivity index (χ2v) is 4.46. The van der Waals surface area contributed by atoms with Gasteiger partial charge in [-0.1, -0.05) is 11.6 Å². The first-order valence-corrected chi connectivity index (χ1v) is 6.13. The third-order valence-electron chi connectivity index (χ3n) is 2.79. The molecule has 1 aliphatic rings. The van der Waals surface area contributed by atoms with E-state index in [1.807, 2.05) is 12.1 Å². The summed E-state index contributed by atoms with van der Waals surface area (Å²) in [4.78, 5) is 6.73. The summed E-state index contributed by atoms with van der Waals surface area (Å²) in [6, 6.07) is 3.76. The zero-order valence-corrected chi connectivity index (χ0v) is 10.1. The zero-order valence-electron chi connectivity index (χ0n) is 9.36. The number of hydrogen-bond acceptors (Lipinski definition) is 3. The molecule has 3 nitrogen and oxygen atoms in total. The Kier molecular flexibility index (Phi) is 4.57. The summed E-state index contributed by atoms with van der Waals surface area (Å²) in [6.45, 7) is 4.98. The molecule has 0 amide bonds. The second-order valence-electron chi connectivity index (χ2n) is 4.02. The van der Waals surface area contributed by atoms with Gasteiger partial charge >= 0.3 is 0 Å². The molecule has 0 aliphatic carbocycles. The highest BCUT2D eigenvalue weighted by Crippen LogP contribution is 2.10. The third-order valence-corrected chi connectivity index (χ3v) is 3.02. The van der Waals surface area contributed by atoms with Crippen molar-refractivity contribution in [2.24, 2.45) is 0 Å². The minimum atomic E-state index is 0.774. The van der Waals surface area contributed by atoms with Crippen LogP contribution in [-0.2, 0) is 11.2 Å². The van der Waals surface area contributed by atoms with Gasteiger partial charge in [0.25, 0.3) is 0 Å². The minimum Gasteiger partial charge on any atom is -0.379 e. The highest BCUT2D eigenvalue weighted by molar-refractivity contribution is 6.30. The van der Waals surface area contributed by atoms with Gasteiger partial charge in [-0.25, -0.2) is 0 Å². The van der Waals surface area contributed by atoms with Gasteiger partial charge in [0.1, 0.15) is 0 Å². The van der Waals surface area contributed by atoms with Gasteiger partial charge in [0, 0.05) is 30.0 Å². The molecule has 0 atom stereocenters. The van der Waals surface area contributed by atoms with Crippen LogP contribution in [0.2, 0.25) is 5.02 Å². The van der Waals surface area contributed by atoms with Crippen molar-refractivity contribution >= 4 is 11.6 Å². The smallest absolute Gasteiger partial charge is 0.0594 e. The van der Waals surface area contributed by atoms with Crippen LogP contribution in [0.3, 0.4) is 0 Å². The molecule has 0 spiro atoms. The summed E-state index contributed by atoms with van der Waals surface area (Å²) < 4.78 is 5.31. The predicted molar refractivity (Wildman–Crippen MR) is 64.8 cm³/mol. The van der Waals surface area contributed by atoms with Crippen LogP contribution in [0.15, 0.2) is 18.3 Å². The molecule has 0 saturated carbocycles. The van der Waals surface area contributed by atoms with E-state index in [-0.39, 0.29) is 0 Å². The van der Waals surface area contributed by atoms with Gasteiger partial charge in [0.05, 0.1) is 13.2 Å². The molecular formula is C12H17ClN2O. The van der Waals surface area contributed by atoms with E-state index in [9.17, 15) is 0 Å². The van der Waals surface area contributed by atoms with Crippen molar-refractivity contribution in [1.82, 2.24) is 9.88 Å². The van der Waals surface area contributed by atoms with Gasteiger partial charge in [-0.3, -0.25) is 9.88 Å². The molecule has 1 aliphatic heterocycles. The maximum atomic E-state index is 5.91. The maximum Gasteiger partial charge on any atom is 0.0594 e. The van der Waals surface area contributed by atoms with E-state index in [0.717, 1.165) is 56.4 Å². The molecule has 1 fully saturated rings. The van der Waals surface area contributed by atoms with Gasteiger partial charge < -0.3 is 4.74 Å². The first-order valence-electron chi connectivity index (χ1n) is 5.75. The summed E-state index contributed by atoms with van der Waals surface area (Å²) in [7, 11) is 0. The standard InChI is InChI=1S/C12H17ClN2O/c13-11-3-4-14-12(10-11)2-1-5-15-6-8-16-9-7-15/h3-4,10H,1-2,5-9H2. The Morgan fingerprint density at radius 3 is 2.94 bits per heavy atom. The number of hydrogen-bond donors (Lipinski definition) is 0. The van der Waals surface area contributed by atoms with E-state index in [4.69, 9.17) is 16.3 Å². The number of morpholine rings is 1. The summed E-state index contributed by atoms with van der Waals surface area (Å²) in [5, 5.41) is 0.774. The van der Waals surface area contributed by atoms with Crippen LogP contribution in [0, 0.1) is 0 Å². The Hall–Kier alpha value is -0.640. The number of aryl methyl sites for hydroxylation is 1. The van der Waals surface area contributed by atoms with E-state index in [2.05, 4.69) is 9.88 Å². The van der Waals surface area contributed by atoms with E-state index in [0.29, 0.717) is 0 Å². The fourth-order valence-electron chi connectivity index (χ4n) is 1.89. The number of ether oxygens (including phenoxy) is 1. The Morgan fingerprint density at radius 2 is 2.19 bits per heavy atom. The Balaban J connectivity index is 1.71. The van der Waals surface area contributed by atoms with E-state index in [1.165, 1.54) is 0 Å². The van der Waals surface area contributed by atoms with E-state index >= 15 is 0 Å². The molecular weight excluding hydrogens is 224 g/mol. The lowest BCUT2D eigenvalue weighted by Gasteiger charge is -2.26. The first kappa shape index (κ1) is 11.8. The largest absolute Gasteiger partial charge is 0.379 e. The van der Waals surface area contributed by atoms with Crippen LogP contribution in [0.5, 0.6) is 0 Å². The van der Waals surface area contributed by atoms with Crippen LogP contribution in [-0.4, -0.2) is 42.7 Å². The highest BCUT2D eigenvalue weighted by atomic mass is 35.5. The number of halogens is 1. The summed E-state index contributed by atoms with van der Waals surface area (Å²) in [6.07, 6.45) is 3.90. The van der Waals surface area contributed by atoms with Gasteiger partial charge in [-0.05, 0) is 31.5 Å². The van der Waals surface area contributed by atoms with Crippen molar-refractivity contribution in [2.75, 3.05) is 32.8 Å². The molecule has 16 heavy (non-hydrogen) atoms. The minimum absolute atomic E-state index is 0.774. The average molecular weight is 241 g/mol. The van der Waals surface area contributed by atoms with Crippen molar-refractivity contribution in [2.45, 2.75) is 12.8 Å². The number of aromatic nitrogens is 1. The number of rotatable bonds is 4. The summed E-state index contributed by atoms with van der Waals surface area (Å²) in [5.74, 6) is 0. The van der Waals surface area contributed by atoms with Gasteiger partial charge in [0.2, 0.25) is 0 Å². The Labute approximate surface area is 101 Å². The number of nitrogens with zero attached hydrogens (tertiary/aromatic N) is 2. The molecule has 0 unspecified atom stereocenters. The van der Waals surface area contributed by atoms with Crippen LogP contribution in [0.4, 0.5) is 0 Å². The SMILES string of the molecule is Clc1ccnc(CCCN2CCOCC2)c1. The van der Waals surface area contributed by atoms with Gasteiger partial charge in [-0.15, -0.1) is 0 Å². The lowest BCUT2D eigenvalue weighted by atomic mass is 10.2. The molecule has 1 aromatic rings. The predicted octanol–water partition coefficient (Wildman–Crippen LogP) is 2.00. The van der Waals surface area contributed by atoms with Crippen molar-refractivity contribution < 1.29 is 4.74 Å². The van der Waals surface area contributed by atoms with Crippen LogP contribution < -0.4 is 0 Å². The van der Waals surface area contributed by atoms with Gasteiger partial charge in [0.15, 0.2) is 0 Å². The van der Waals surface area contributed by atoms with E-state index in [1.54, 1.807) is 6.20 Å². The first-order chi connectivity index (χ1) is 7.84. The second kappa shape index (κ2) is 6.18. The molecule has 0 bridgehead atoms. The van der Waals surface area contributed by atoms with E-state index < -0.39 is 0 Å². The quantitative estimate of drug-likeness (QED) is 0.805. The topological polar surface area (TPSA) is 25.4 Å². The lowest BCUT2D eigenvalue weighted by molar-refractivity contribution is 0.0374. The third kappa shape index (κ3) is 3.74. The average Bonchev–Trinajstić information content (AvgIpc) is 2.30. The van der Waals surface area contributed by atoms with Crippen molar-refractivity contribution in [3.8, 4) is 0 Å². The Bertz CT molecular complexity index is 327. The van der Waals surface area contributed by atoms with Crippen LogP contribution >= 0.6 is 11.6 Å². The molecule has 0 N–H and O–H groups in total. The van der Waals surface area contributed by atoms with Crippen LogP contribution in [0.1, 0.15) is 12.1 Å². The fourth-order valence-corrected chi connectivity index (χ4v) is 2.08. The molecule has 4 heteroatoms. The molecule has 1 saturated heterocycles. The molecule has 88 valence electrons. The summed E-state index contributed by atoms with van der Waals surface area (Å²) in [5.41, 5.74) is 1.08. The fraction of sp³-hybridized carbons (Fsp3) is 0.583. The molecule has 2 rings (SSSR count). The van der Waals surface area contributed by atoms with Crippen molar-refractivity contribution in [3.63, 3.8) is 0 Å². The monoisotopic (exact) mass is 240 g/mol.